The van der Waals surface area contributed by atoms with E-state index >= 15 is 0 Å². The Bertz CT molecular complexity index is 322. The molecule has 0 amide bonds. The number of benzene rings is 1. The molecule has 1 aliphatic heterocycles. The molecule has 0 saturated carbocycles. The van der Waals surface area contributed by atoms with Crippen molar-refractivity contribution >= 4 is 0 Å². The van der Waals surface area contributed by atoms with Gasteiger partial charge in [-0.15, -0.1) is 0 Å². The lowest BCUT2D eigenvalue weighted by Gasteiger charge is -2.17. The summed E-state index contributed by atoms with van der Waals surface area (Å²) in [7, 11) is 0. The summed E-state index contributed by atoms with van der Waals surface area (Å²) in [5.41, 5.74) is 4.44. The van der Waals surface area contributed by atoms with Gasteiger partial charge in [-0.1, -0.05) is 23.8 Å². The summed E-state index contributed by atoms with van der Waals surface area (Å²) in [5, 5.41) is 3.48. The summed E-state index contributed by atoms with van der Waals surface area (Å²) in [6.07, 6.45) is 3.96. The number of rotatable bonds is 1. The maximum absolute atomic E-state index is 3.48. The molecule has 1 N–H and O–H groups in total. The monoisotopic (exact) mass is 203 g/mol. The molecule has 15 heavy (non-hydrogen) atoms. The molecule has 1 nitrogen and oxygen atoms in total. The lowest BCUT2D eigenvalue weighted by atomic mass is 9.88. The third-order valence-electron chi connectivity index (χ3n) is 3.45. The maximum Gasteiger partial charge on any atom is -0.00431 e. The zero-order valence-corrected chi connectivity index (χ0v) is 9.84. The Labute approximate surface area is 92.9 Å². The van der Waals surface area contributed by atoms with E-state index in [-0.39, 0.29) is 0 Å². The highest BCUT2D eigenvalue weighted by molar-refractivity contribution is 5.33. The fourth-order valence-electron chi connectivity index (χ4n) is 2.53. The minimum Gasteiger partial charge on any atom is -0.317 e. The van der Waals surface area contributed by atoms with Crippen molar-refractivity contribution in [3.63, 3.8) is 0 Å². The Morgan fingerprint density at radius 2 is 2.00 bits per heavy atom. The van der Waals surface area contributed by atoms with Gasteiger partial charge in [0.15, 0.2) is 0 Å². The van der Waals surface area contributed by atoms with E-state index in [1.807, 2.05) is 0 Å². The van der Waals surface area contributed by atoms with Crippen molar-refractivity contribution in [3.8, 4) is 0 Å². The van der Waals surface area contributed by atoms with E-state index in [1.54, 1.807) is 5.56 Å². The highest BCUT2D eigenvalue weighted by Crippen LogP contribution is 2.29. The fourth-order valence-corrected chi connectivity index (χ4v) is 2.53. The van der Waals surface area contributed by atoms with Crippen molar-refractivity contribution in [1.29, 1.82) is 0 Å². The van der Waals surface area contributed by atoms with Gasteiger partial charge in [-0.05, 0) is 63.2 Å². The third-order valence-corrected chi connectivity index (χ3v) is 3.45. The second-order valence-corrected chi connectivity index (χ2v) is 4.74. The zero-order chi connectivity index (χ0) is 10.7. The van der Waals surface area contributed by atoms with Crippen LogP contribution in [0.1, 0.15) is 41.9 Å². The van der Waals surface area contributed by atoms with Crippen molar-refractivity contribution in [1.82, 2.24) is 5.32 Å². The largest absolute Gasteiger partial charge is 0.317 e. The molecule has 1 aromatic rings. The van der Waals surface area contributed by atoms with Gasteiger partial charge in [0.2, 0.25) is 0 Å². The first-order valence-corrected chi connectivity index (χ1v) is 6.05. The van der Waals surface area contributed by atoms with Crippen LogP contribution in [0.2, 0.25) is 0 Å². The summed E-state index contributed by atoms with van der Waals surface area (Å²) in [5.74, 6) is 0.778. The second kappa shape index (κ2) is 4.80. The Hall–Kier alpha value is -0.820. The molecule has 82 valence electrons. The van der Waals surface area contributed by atoms with Crippen molar-refractivity contribution in [3.05, 3.63) is 34.9 Å². The summed E-state index contributed by atoms with van der Waals surface area (Å²) >= 11 is 0. The predicted molar refractivity (Wildman–Crippen MR) is 65.4 cm³/mol. The molecule has 1 aromatic carbocycles. The van der Waals surface area contributed by atoms with Gasteiger partial charge in [0.05, 0.1) is 0 Å². The lowest BCUT2D eigenvalue weighted by molar-refractivity contribution is 0.606. The Morgan fingerprint density at radius 3 is 2.87 bits per heavy atom. The Kier molecular flexibility index (Phi) is 3.42. The standard InChI is InChI=1S/C14H21N/c1-11-5-6-12(2)14(10-11)13-4-3-8-15-9-7-13/h5-6,10,13,15H,3-4,7-9H2,1-2H3. The summed E-state index contributed by atoms with van der Waals surface area (Å²) in [6.45, 7) is 6.81. The van der Waals surface area contributed by atoms with Gasteiger partial charge in [-0.25, -0.2) is 0 Å². The van der Waals surface area contributed by atoms with Gasteiger partial charge in [-0.3, -0.25) is 0 Å². The molecular formula is C14H21N. The highest BCUT2D eigenvalue weighted by Gasteiger charge is 2.15. The molecule has 0 aromatic heterocycles. The minimum atomic E-state index is 0.778. The minimum absolute atomic E-state index is 0.778. The molecule has 1 heterocycles. The van der Waals surface area contributed by atoms with Crippen LogP contribution in [0.3, 0.4) is 0 Å². The van der Waals surface area contributed by atoms with Crippen molar-refractivity contribution < 1.29 is 0 Å². The third kappa shape index (κ3) is 2.60. The summed E-state index contributed by atoms with van der Waals surface area (Å²) in [4.78, 5) is 0. The average molecular weight is 203 g/mol. The molecular weight excluding hydrogens is 182 g/mol. The van der Waals surface area contributed by atoms with Gasteiger partial charge >= 0.3 is 0 Å². The van der Waals surface area contributed by atoms with E-state index in [1.165, 1.54) is 43.5 Å². The first kappa shape index (κ1) is 10.7. The van der Waals surface area contributed by atoms with Gasteiger partial charge in [0.25, 0.3) is 0 Å². The van der Waals surface area contributed by atoms with Crippen LogP contribution in [0.5, 0.6) is 0 Å². The normalized spacial score (nSPS) is 22.4. The van der Waals surface area contributed by atoms with Crippen LogP contribution in [-0.4, -0.2) is 13.1 Å². The number of hydrogen-bond acceptors (Lipinski definition) is 1. The van der Waals surface area contributed by atoms with Gasteiger partial charge in [0, 0.05) is 0 Å². The number of hydrogen-bond donors (Lipinski definition) is 1. The van der Waals surface area contributed by atoms with E-state index in [0.29, 0.717) is 0 Å². The maximum atomic E-state index is 3.48. The lowest BCUT2D eigenvalue weighted by Crippen LogP contribution is -2.14. The van der Waals surface area contributed by atoms with Crippen LogP contribution in [0.4, 0.5) is 0 Å². The van der Waals surface area contributed by atoms with Crippen LogP contribution in [0, 0.1) is 13.8 Å². The SMILES string of the molecule is Cc1ccc(C)c(C2CCCNCC2)c1. The molecule has 0 aliphatic carbocycles. The van der Waals surface area contributed by atoms with E-state index < -0.39 is 0 Å². The van der Waals surface area contributed by atoms with E-state index in [0.717, 1.165) is 5.92 Å². The van der Waals surface area contributed by atoms with Gasteiger partial charge < -0.3 is 5.32 Å². The fraction of sp³-hybridized carbons (Fsp3) is 0.571. The van der Waals surface area contributed by atoms with E-state index in [4.69, 9.17) is 0 Å². The van der Waals surface area contributed by atoms with Crippen LogP contribution in [0.25, 0.3) is 0 Å². The molecule has 2 rings (SSSR count). The Balaban J connectivity index is 2.22. The quantitative estimate of drug-likeness (QED) is 0.739. The number of aryl methyl sites for hydroxylation is 2. The first-order chi connectivity index (χ1) is 7.27. The smallest absolute Gasteiger partial charge is 0.00431 e. The van der Waals surface area contributed by atoms with Crippen molar-refractivity contribution in [2.45, 2.75) is 39.0 Å². The second-order valence-electron chi connectivity index (χ2n) is 4.74. The highest BCUT2D eigenvalue weighted by atomic mass is 14.8. The first-order valence-electron chi connectivity index (χ1n) is 6.05. The van der Waals surface area contributed by atoms with E-state index in [9.17, 15) is 0 Å². The predicted octanol–water partition coefficient (Wildman–Crippen LogP) is 3.16. The van der Waals surface area contributed by atoms with Gasteiger partial charge in [0.1, 0.15) is 0 Å². The molecule has 1 unspecified atom stereocenters. The molecule has 1 atom stereocenters. The van der Waals surface area contributed by atoms with Gasteiger partial charge in [-0.2, -0.15) is 0 Å². The van der Waals surface area contributed by atoms with Crippen molar-refractivity contribution in [2.75, 3.05) is 13.1 Å². The zero-order valence-electron chi connectivity index (χ0n) is 9.84. The van der Waals surface area contributed by atoms with E-state index in [2.05, 4.69) is 37.4 Å². The molecule has 0 spiro atoms. The molecule has 1 heteroatoms. The van der Waals surface area contributed by atoms with Crippen LogP contribution >= 0.6 is 0 Å². The number of nitrogens with one attached hydrogen (secondary N) is 1. The molecule has 0 bridgehead atoms. The van der Waals surface area contributed by atoms with Crippen LogP contribution in [-0.2, 0) is 0 Å². The summed E-state index contributed by atoms with van der Waals surface area (Å²) < 4.78 is 0. The molecule has 1 aliphatic rings. The molecule has 1 saturated heterocycles. The van der Waals surface area contributed by atoms with Crippen molar-refractivity contribution in [2.24, 2.45) is 0 Å². The Morgan fingerprint density at radius 1 is 1.13 bits per heavy atom. The summed E-state index contributed by atoms with van der Waals surface area (Å²) in [6, 6.07) is 6.86. The molecule has 0 radical (unpaired) electrons. The topological polar surface area (TPSA) is 12.0 Å². The van der Waals surface area contributed by atoms with Crippen LogP contribution < -0.4 is 5.32 Å². The van der Waals surface area contributed by atoms with Crippen LogP contribution in [0.15, 0.2) is 18.2 Å². The average Bonchev–Trinajstić information content (AvgIpc) is 2.50. The molecule has 1 fully saturated rings.